The molecule has 3 nitrogen and oxygen atoms in total. The Morgan fingerprint density at radius 2 is 1.58 bits per heavy atom. The lowest BCUT2D eigenvalue weighted by Crippen LogP contribution is -2.10. The van der Waals surface area contributed by atoms with Gasteiger partial charge in [0.05, 0.1) is 5.52 Å². The minimum Gasteiger partial charge on any atom is -0.422 e. The molecule has 3 heteroatoms. The van der Waals surface area contributed by atoms with Crippen LogP contribution < -0.4 is 4.74 Å². The molecule has 0 fully saturated rings. The van der Waals surface area contributed by atoms with E-state index in [2.05, 4.69) is 4.98 Å². The van der Waals surface area contributed by atoms with Crippen LogP contribution in [-0.4, -0.2) is 11.0 Å². The maximum absolute atomic E-state index is 12.0. The molecule has 0 N–H and O–H groups in total. The Bertz CT molecular complexity index is 723. The topological polar surface area (TPSA) is 39.2 Å². The first-order chi connectivity index (χ1) is 9.33. The summed E-state index contributed by atoms with van der Waals surface area (Å²) in [6, 6.07) is 20.2. The van der Waals surface area contributed by atoms with Crippen molar-refractivity contribution in [2.24, 2.45) is 0 Å². The second-order valence-electron chi connectivity index (χ2n) is 4.09. The van der Waals surface area contributed by atoms with E-state index in [9.17, 15) is 4.79 Å². The lowest BCUT2D eigenvalue weighted by molar-refractivity contribution is 0.0729. The third-order valence-electron chi connectivity index (χ3n) is 2.76. The summed E-state index contributed by atoms with van der Waals surface area (Å²) in [6.45, 7) is 0. The maximum atomic E-state index is 12.0. The third-order valence-corrected chi connectivity index (χ3v) is 2.76. The van der Waals surface area contributed by atoms with Crippen molar-refractivity contribution in [2.75, 3.05) is 0 Å². The highest BCUT2D eigenvalue weighted by molar-refractivity contribution is 5.92. The molecule has 0 saturated heterocycles. The number of rotatable bonds is 2. The largest absolute Gasteiger partial charge is 0.422 e. The molecule has 1 aromatic heterocycles. The minimum atomic E-state index is -0.447. The van der Waals surface area contributed by atoms with Crippen LogP contribution in [0.3, 0.4) is 0 Å². The van der Waals surface area contributed by atoms with Gasteiger partial charge in [0, 0.05) is 5.39 Å². The number of carbonyl (C=O) groups excluding carboxylic acids is 1. The molecule has 19 heavy (non-hydrogen) atoms. The van der Waals surface area contributed by atoms with Crippen molar-refractivity contribution >= 4 is 16.9 Å². The number of pyridine rings is 1. The predicted molar refractivity (Wildman–Crippen MR) is 73.1 cm³/mol. The number of esters is 1. The zero-order valence-corrected chi connectivity index (χ0v) is 10.1. The van der Waals surface area contributed by atoms with Crippen molar-refractivity contribution in [1.29, 1.82) is 0 Å². The molecule has 0 spiro atoms. The van der Waals surface area contributed by atoms with Gasteiger partial charge in [-0.05, 0) is 24.3 Å². The lowest BCUT2D eigenvalue weighted by Gasteiger charge is -2.04. The SMILES string of the molecule is O=C(Oc1ccccc1)c1ccc2ccccc2n1. The summed E-state index contributed by atoms with van der Waals surface area (Å²) in [5.74, 6) is 0.0689. The van der Waals surface area contributed by atoms with E-state index < -0.39 is 5.97 Å². The lowest BCUT2D eigenvalue weighted by atomic mass is 10.2. The van der Waals surface area contributed by atoms with Crippen LogP contribution in [0.1, 0.15) is 10.5 Å². The first-order valence-electron chi connectivity index (χ1n) is 5.96. The molecule has 0 aliphatic carbocycles. The highest BCUT2D eigenvalue weighted by Gasteiger charge is 2.10. The van der Waals surface area contributed by atoms with Crippen molar-refractivity contribution in [2.45, 2.75) is 0 Å². The van der Waals surface area contributed by atoms with Gasteiger partial charge >= 0.3 is 5.97 Å². The average molecular weight is 249 g/mol. The van der Waals surface area contributed by atoms with Gasteiger partial charge in [-0.1, -0.05) is 42.5 Å². The van der Waals surface area contributed by atoms with Crippen LogP contribution in [0.4, 0.5) is 0 Å². The molecule has 3 rings (SSSR count). The van der Waals surface area contributed by atoms with E-state index in [1.54, 1.807) is 18.2 Å². The summed E-state index contributed by atoms with van der Waals surface area (Å²) in [5, 5.41) is 0.999. The number of fused-ring (bicyclic) bond motifs is 1. The zero-order valence-electron chi connectivity index (χ0n) is 10.1. The van der Waals surface area contributed by atoms with Crippen molar-refractivity contribution in [3.05, 3.63) is 72.4 Å². The van der Waals surface area contributed by atoms with Gasteiger partial charge in [0.2, 0.25) is 0 Å². The molecule has 92 valence electrons. The van der Waals surface area contributed by atoms with Crippen LogP contribution in [0.5, 0.6) is 5.75 Å². The summed E-state index contributed by atoms with van der Waals surface area (Å²) in [7, 11) is 0. The van der Waals surface area contributed by atoms with Gasteiger partial charge in [0.25, 0.3) is 0 Å². The number of ether oxygens (including phenoxy) is 1. The smallest absolute Gasteiger partial charge is 0.362 e. The molecule has 0 saturated carbocycles. The first-order valence-corrected chi connectivity index (χ1v) is 5.96. The van der Waals surface area contributed by atoms with Crippen molar-refractivity contribution in [3.8, 4) is 5.75 Å². The Balaban J connectivity index is 1.89. The number of aromatic nitrogens is 1. The molecule has 1 heterocycles. The van der Waals surface area contributed by atoms with Gasteiger partial charge < -0.3 is 4.74 Å². The Kier molecular flexibility index (Phi) is 2.94. The summed E-state index contributed by atoms with van der Waals surface area (Å²) in [4.78, 5) is 16.3. The molecule has 0 radical (unpaired) electrons. The highest BCUT2D eigenvalue weighted by atomic mass is 16.5. The van der Waals surface area contributed by atoms with E-state index in [0.717, 1.165) is 10.9 Å². The Labute approximate surface area is 110 Å². The van der Waals surface area contributed by atoms with Gasteiger partial charge in [-0.25, -0.2) is 9.78 Å². The zero-order chi connectivity index (χ0) is 13.1. The van der Waals surface area contributed by atoms with E-state index in [1.807, 2.05) is 48.5 Å². The quantitative estimate of drug-likeness (QED) is 0.515. The van der Waals surface area contributed by atoms with E-state index in [-0.39, 0.29) is 0 Å². The van der Waals surface area contributed by atoms with E-state index in [1.165, 1.54) is 0 Å². The third kappa shape index (κ3) is 2.45. The van der Waals surface area contributed by atoms with Crippen LogP contribution in [-0.2, 0) is 0 Å². The normalized spacial score (nSPS) is 10.3. The number of para-hydroxylation sites is 2. The fraction of sp³-hybridized carbons (Fsp3) is 0. The molecule has 0 aliphatic heterocycles. The second kappa shape index (κ2) is 4.90. The molecule has 0 unspecified atom stereocenters. The standard InChI is InChI=1S/C16H11NO2/c18-16(19-13-7-2-1-3-8-13)15-11-10-12-6-4-5-9-14(12)17-15/h1-11H. The molecular weight excluding hydrogens is 238 g/mol. The monoisotopic (exact) mass is 249 g/mol. The molecule has 0 atom stereocenters. The highest BCUT2D eigenvalue weighted by Crippen LogP contribution is 2.14. The number of hydrogen-bond donors (Lipinski definition) is 0. The Hall–Kier alpha value is -2.68. The second-order valence-corrected chi connectivity index (χ2v) is 4.09. The van der Waals surface area contributed by atoms with Crippen molar-refractivity contribution in [3.63, 3.8) is 0 Å². The van der Waals surface area contributed by atoms with Crippen molar-refractivity contribution in [1.82, 2.24) is 4.98 Å². The van der Waals surface area contributed by atoms with Gasteiger partial charge in [0.15, 0.2) is 0 Å². The number of nitrogens with zero attached hydrogens (tertiary/aromatic N) is 1. The molecular formula is C16H11NO2. The van der Waals surface area contributed by atoms with Crippen LogP contribution in [0.25, 0.3) is 10.9 Å². The fourth-order valence-corrected chi connectivity index (χ4v) is 1.83. The first kappa shape index (κ1) is 11.4. The fourth-order valence-electron chi connectivity index (χ4n) is 1.83. The van der Waals surface area contributed by atoms with Gasteiger partial charge in [-0.2, -0.15) is 0 Å². The van der Waals surface area contributed by atoms with Crippen LogP contribution >= 0.6 is 0 Å². The molecule has 0 amide bonds. The van der Waals surface area contributed by atoms with Crippen LogP contribution in [0, 0.1) is 0 Å². The summed E-state index contributed by atoms with van der Waals surface area (Å²) < 4.78 is 5.25. The molecule has 2 aromatic carbocycles. The Morgan fingerprint density at radius 1 is 0.842 bits per heavy atom. The number of carbonyl (C=O) groups is 1. The van der Waals surface area contributed by atoms with Gasteiger partial charge in [-0.3, -0.25) is 0 Å². The van der Waals surface area contributed by atoms with E-state index in [4.69, 9.17) is 4.74 Å². The molecule has 0 aliphatic rings. The Morgan fingerprint density at radius 3 is 2.42 bits per heavy atom. The number of benzene rings is 2. The van der Waals surface area contributed by atoms with E-state index in [0.29, 0.717) is 11.4 Å². The van der Waals surface area contributed by atoms with Crippen LogP contribution in [0.15, 0.2) is 66.7 Å². The summed E-state index contributed by atoms with van der Waals surface area (Å²) >= 11 is 0. The van der Waals surface area contributed by atoms with Gasteiger partial charge in [-0.15, -0.1) is 0 Å². The summed E-state index contributed by atoms with van der Waals surface area (Å²) in [6.07, 6.45) is 0. The minimum absolute atomic E-state index is 0.308. The molecule has 0 bridgehead atoms. The van der Waals surface area contributed by atoms with Crippen molar-refractivity contribution < 1.29 is 9.53 Å². The van der Waals surface area contributed by atoms with E-state index >= 15 is 0 Å². The predicted octanol–water partition coefficient (Wildman–Crippen LogP) is 3.45. The maximum Gasteiger partial charge on any atom is 0.362 e. The summed E-state index contributed by atoms with van der Waals surface area (Å²) in [5.41, 5.74) is 1.09. The van der Waals surface area contributed by atoms with Crippen LogP contribution in [0.2, 0.25) is 0 Å². The van der Waals surface area contributed by atoms with Gasteiger partial charge in [0.1, 0.15) is 11.4 Å². The number of hydrogen-bond acceptors (Lipinski definition) is 3. The average Bonchev–Trinajstić information content (AvgIpc) is 2.48. The molecule has 3 aromatic rings.